The highest BCUT2D eigenvalue weighted by atomic mass is 35.5. The van der Waals surface area contributed by atoms with Crippen molar-refractivity contribution in [1.82, 2.24) is 5.43 Å². The minimum Gasteiger partial charge on any atom is -0.459 e. The van der Waals surface area contributed by atoms with Crippen molar-refractivity contribution in [3.05, 3.63) is 59.0 Å². The van der Waals surface area contributed by atoms with Crippen LogP contribution in [0.25, 0.3) is 0 Å². The van der Waals surface area contributed by atoms with Crippen molar-refractivity contribution in [1.29, 1.82) is 0 Å². The Morgan fingerprint density at radius 3 is 2.84 bits per heavy atom. The zero-order valence-electron chi connectivity index (χ0n) is 10.4. The highest BCUT2D eigenvalue weighted by Crippen LogP contribution is 2.12. The molecule has 1 amide bonds. The third-order valence-corrected chi connectivity index (χ3v) is 2.77. The van der Waals surface area contributed by atoms with Crippen molar-refractivity contribution in [3.63, 3.8) is 0 Å². The lowest BCUT2D eigenvalue weighted by Gasteiger charge is -2.04. The van der Waals surface area contributed by atoms with Crippen molar-refractivity contribution in [2.75, 3.05) is 0 Å². The molecule has 0 saturated heterocycles. The van der Waals surface area contributed by atoms with Gasteiger partial charge in [0.05, 0.1) is 12.0 Å². The molecule has 1 aromatic carbocycles. The SMILES string of the molecule is CCC(=NNC(=O)c1ccco1)c1cccc(Cl)c1. The second-order valence-electron chi connectivity index (χ2n) is 3.84. The van der Waals surface area contributed by atoms with E-state index >= 15 is 0 Å². The zero-order valence-corrected chi connectivity index (χ0v) is 11.1. The molecule has 0 spiro atoms. The number of carbonyl (C=O) groups excluding carboxylic acids is 1. The molecule has 0 radical (unpaired) electrons. The minimum absolute atomic E-state index is 0.227. The molecule has 0 aliphatic rings. The lowest BCUT2D eigenvalue weighted by molar-refractivity contribution is 0.0927. The van der Waals surface area contributed by atoms with E-state index in [1.54, 1.807) is 18.2 Å². The summed E-state index contributed by atoms with van der Waals surface area (Å²) in [5.74, 6) is -0.150. The Morgan fingerprint density at radius 2 is 2.21 bits per heavy atom. The van der Waals surface area contributed by atoms with Gasteiger partial charge in [0, 0.05) is 5.02 Å². The van der Waals surface area contributed by atoms with Gasteiger partial charge in [-0.1, -0.05) is 30.7 Å². The second kappa shape index (κ2) is 6.20. The average molecular weight is 277 g/mol. The molecule has 2 rings (SSSR count). The van der Waals surface area contributed by atoms with Crippen molar-refractivity contribution >= 4 is 23.2 Å². The monoisotopic (exact) mass is 276 g/mol. The number of carbonyl (C=O) groups is 1. The summed E-state index contributed by atoms with van der Waals surface area (Å²) in [5.41, 5.74) is 4.10. The van der Waals surface area contributed by atoms with Crippen LogP contribution in [0.4, 0.5) is 0 Å². The first-order valence-corrected chi connectivity index (χ1v) is 6.25. The van der Waals surface area contributed by atoms with Crippen LogP contribution in [0.1, 0.15) is 29.5 Å². The van der Waals surface area contributed by atoms with Crippen LogP contribution in [0.5, 0.6) is 0 Å². The summed E-state index contributed by atoms with van der Waals surface area (Å²) < 4.78 is 4.98. The molecule has 0 aliphatic carbocycles. The fraction of sp³-hybridized carbons (Fsp3) is 0.143. The normalized spacial score (nSPS) is 11.4. The smallest absolute Gasteiger partial charge is 0.307 e. The molecule has 4 nitrogen and oxygen atoms in total. The topological polar surface area (TPSA) is 54.6 Å². The van der Waals surface area contributed by atoms with E-state index in [1.165, 1.54) is 6.26 Å². The summed E-state index contributed by atoms with van der Waals surface area (Å²) in [5, 5.41) is 4.74. The minimum atomic E-state index is -0.377. The van der Waals surface area contributed by atoms with Crippen molar-refractivity contribution < 1.29 is 9.21 Å². The van der Waals surface area contributed by atoms with E-state index in [2.05, 4.69) is 10.5 Å². The van der Waals surface area contributed by atoms with Crippen LogP contribution in [-0.4, -0.2) is 11.6 Å². The van der Waals surface area contributed by atoms with Crippen LogP contribution >= 0.6 is 11.6 Å². The van der Waals surface area contributed by atoms with Crippen LogP contribution < -0.4 is 5.43 Å². The molecule has 5 heteroatoms. The summed E-state index contributed by atoms with van der Waals surface area (Å²) in [6.07, 6.45) is 2.12. The predicted molar refractivity (Wildman–Crippen MR) is 74.5 cm³/mol. The van der Waals surface area contributed by atoms with Gasteiger partial charge in [-0.25, -0.2) is 5.43 Å². The number of halogens is 1. The van der Waals surface area contributed by atoms with Gasteiger partial charge in [-0.05, 0) is 36.2 Å². The second-order valence-corrected chi connectivity index (χ2v) is 4.28. The molecule has 19 heavy (non-hydrogen) atoms. The number of nitrogens with one attached hydrogen (secondary N) is 1. The number of hydrogen-bond donors (Lipinski definition) is 1. The van der Waals surface area contributed by atoms with Gasteiger partial charge in [-0.15, -0.1) is 0 Å². The van der Waals surface area contributed by atoms with Crippen LogP contribution in [-0.2, 0) is 0 Å². The maximum Gasteiger partial charge on any atom is 0.307 e. The highest BCUT2D eigenvalue weighted by molar-refractivity contribution is 6.31. The first kappa shape index (κ1) is 13.4. The molecule has 0 atom stereocenters. The number of furan rings is 1. The standard InChI is InChI=1S/C14H13ClN2O2/c1-2-12(10-5-3-6-11(15)9-10)16-17-14(18)13-7-4-8-19-13/h3-9H,2H2,1H3,(H,17,18). The molecule has 0 aliphatic heterocycles. The summed E-state index contributed by atoms with van der Waals surface area (Å²) >= 11 is 5.93. The van der Waals surface area contributed by atoms with Gasteiger partial charge >= 0.3 is 5.91 Å². The Kier molecular flexibility index (Phi) is 4.36. The van der Waals surface area contributed by atoms with Crippen molar-refractivity contribution in [3.8, 4) is 0 Å². The van der Waals surface area contributed by atoms with Gasteiger partial charge in [-0.3, -0.25) is 4.79 Å². The lowest BCUT2D eigenvalue weighted by atomic mass is 10.1. The van der Waals surface area contributed by atoms with E-state index in [9.17, 15) is 4.79 Å². The maximum atomic E-state index is 11.7. The molecule has 0 bridgehead atoms. The Bertz CT molecular complexity index is 591. The Hall–Kier alpha value is -2.07. The Balaban J connectivity index is 2.14. The molecule has 0 unspecified atom stereocenters. The molecule has 98 valence electrons. The van der Waals surface area contributed by atoms with E-state index in [4.69, 9.17) is 16.0 Å². The molecule has 0 saturated carbocycles. The van der Waals surface area contributed by atoms with Crippen molar-refractivity contribution in [2.45, 2.75) is 13.3 Å². The first-order chi connectivity index (χ1) is 9.20. The number of hydrazone groups is 1. The molecule has 1 aromatic heterocycles. The predicted octanol–water partition coefficient (Wildman–Crippen LogP) is 3.48. The van der Waals surface area contributed by atoms with Gasteiger partial charge in [-0.2, -0.15) is 5.10 Å². The Labute approximate surface area is 116 Å². The highest BCUT2D eigenvalue weighted by Gasteiger charge is 2.08. The number of hydrogen-bond acceptors (Lipinski definition) is 3. The van der Waals surface area contributed by atoms with Gasteiger partial charge < -0.3 is 4.42 Å². The van der Waals surface area contributed by atoms with Gasteiger partial charge in [0.1, 0.15) is 0 Å². The van der Waals surface area contributed by atoms with E-state index < -0.39 is 0 Å². The van der Waals surface area contributed by atoms with E-state index in [1.807, 2.05) is 25.1 Å². The lowest BCUT2D eigenvalue weighted by Crippen LogP contribution is -2.19. The molecule has 0 fully saturated rings. The third kappa shape index (κ3) is 3.45. The van der Waals surface area contributed by atoms with E-state index in [-0.39, 0.29) is 11.7 Å². The summed E-state index contributed by atoms with van der Waals surface area (Å²) in [6.45, 7) is 1.96. The van der Waals surface area contributed by atoms with E-state index in [0.717, 1.165) is 11.3 Å². The van der Waals surface area contributed by atoms with Crippen LogP contribution in [0, 0.1) is 0 Å². The van der Waals surface area contributed by atoms with Gasteiger partial charge in [0.25, 0.3) is 0 Å². The largest absolute Gasteiger partial charge is 0.459 e. The summed E-state index contributed by atoms with van der Waals surface area (Å²) in [7, 11) is 0. The first-order valence-electron chi connectivity index (χ1n) is 5.87. The Morgan fingerprint density at radius 1 is 1.37 bits per heavy atom. The van der Waals surface area contributed by atoms with Crippen LogP contribution in [0.3, 0.4) is 0 Å². The maximum absolute atomic E-state index is 11.7. The molecular weight excluding hydrogens is 264 g/mol. The van der Waals surface area contributed by atoms with E-state index in [0.29, 0.717) is 11.4 Å². The fourth-order valence-corrected chi connectivity index (χ4v) is 1.79. The van der Waals surface area contributed by atoms with Crippen LogP contribution in [0.2, 0.25) is 5.02 Å². The fourth-order valence-electron chi connectivity index (χ4n) is 1.60. The molecule has 1 heterocycles. The number of nitrogens with zero attached hydrogens (tertiary/aromatic N) is 1. The molecular formula is C14H13ClN2O2. The molecule has 2 aromatic rings. The quantitative estimate of drug-likeness (QED) is 0.687. The van der Waals surface area contributed by atoms with Gasteiger partial charge in [0.2, 0.25) is 0 Å². The van der Waals surface area contributed by atoms with Gasteiger partial charge in [0.15, 0.2) is 5.76 Å². The van der Waals surface area contributed by atoms with Crippen molar-refractivity contribution in [2.24, 2.45) is 5.10 Å². The summed E-state index contributed by atoms with van der Waals surface area (Å²) in [4.78, 5) is 11.7. The number of rotatable bonds is 4. The number of benzene rings is 1. The number of amides is 1. The summed E-state index contributed by atoms with van der Waals surface area (Å²) in [6, 6.07) is 10.6. The average Bonchev–Trinajstić information content (AvgIpc) is 2.93. The van der Waals surface area contributed by atoms with Crippen LogP contribution in [0.15, 0.2) is 52.2 Å². The zero-order chi connectivity index (χ0) is 13.7. The third-order valence-electron chi connectivity index (χ3n) is 2.53. The molecule has 1 N–H and O–H groups in total.